The lowest BCUT2D eigenvalue weighted by Gasteiger charge is -2.50. The molecule has 4 aliphatic carbocycles. The highest BCUT2D eigenvalue weighted by molar-refractivity contribution is 5.10. The van der Waals surface area contributed by atoms with E-state index in [0.29, 0.717) is 5.41 Å². The molecule has 0 spiro atoms. The lowest BCUT2D eigenvalue weighted by Crippen LogP contribution is -2.43. The quantitative estimate of drug-likeness (QED) is 0.515. The van der Waals surface area contributed by atoms with Crippen LogP contribution >= 0.6 is 0 Å². The maximum absolute atomic E-state index is 2.69. The molecule has 0 aromatic carbocycles. The van der Waals surface area contributed by atoms with Crippen molar-refractivity contribution in [2.45, 2.75) is 79.1 Å². The molecule has 4 fully saturated rings. The molecule has 114 valence electrons. The molecule has 0 nitrogen and oxygen atoms in total. The van der Waals surface area contributed by atoms with Gasteiger partial charge in [0.25, 0.3) is 0 Å². The normalized spacial score (nSPS) is 61.8. The Morgan fingerprint density at radius 1 is 0.750 bits per heavy atom. The van der Waals surface area contributed by atoms with Gasteiger partial charge in [-0.05, 0) is 91.3 Å². The molecule has 4 saturated carbocycles. The Kier molecular flexibility index (Phi) is 2.91. The van der Waals surface area contributed by atoms with Crippen LogP contribution in [0.25, 0.3) is 0 Å². The first-order valence-corrected chi connectivity index (χ1v) is 9.45. The third-order valence-electron chi connectivity index (χ3n) is 9.11. The second kappa shape index (κ2) is 4.26. The molecule has 8 unspecified atom stereocenters. The fourth-order valence-corrected chi connectivity index (χ4v) is 7.51. The highest BCUT2D eigenvalue weighted by atomic mass is 14.7. The van der Waals surface area contributed by atoms with Gasteiger partial charge < -0.3 is 0 Å². The lowest BCUT2D eigenvalue weighted by atomic mass is 9.54. The first-order valence-electron chi connectivity index (χ1n) is 9.45. The molecule has 20 heavy (non-hydrogen) atoms. The van der Waals surface area contributed by atoms with Crippen molar-refractivity contribution in [2.24, 2.45) is 46.3 Å². The van der Waals surface area contributed by atoms with Crippen molar-refractivity contribution in [3.63, 3.8) is 0 Å². The topological polar surface area (TPSA) is 0 Å². The van der Waals surface area contributed by atoms with E-state index < -0.39 is 0 Å². The molecule has 0 saturated heterocycles. The van der Waals surface area contributed by atoms with Crippen molar-refractivity contribution in [2.75, 3.05) is 0 Å². The van der Waals surface area contributed by atoms with E-state index in [0.717, 1.165) is 40.9 Å². The Balaban J connectivity index is 1.65. The van der Waals surface area contributed by atoms with Gasteiger partial charge in [-0.3, -0.25) is 0 Å². The summed E-state index contributed by atoms with van der Waals surface area (Å²) in [6, 6.07) is 0. The van der Waals surface area contributed by atoms with Crippen LogP contribution in [-0.4, -0.2) is 0 Å². The molecular formula is C20H34. The SMILES string of the molecule is CC1CCC2(C)C(C1)CC1C3CCC(C)C3(C)CCC12. The summed E-state index contributed by atoms with van der Waals surface area (Å²) in [5.41, 5.74) is 1.43. The van der Waals surface area contributed by atoms with E-state index in [1.165, 1.54) is 19.3 Å². The van der Waals surface area contributed by atoms with E-state index in [-0.39, 0.29) is 0 Å². The van der Waals surface area contributed by atoms with Gasteiger partial charge in [0.15, 0.2) is 0 Å². The summed E-state index contributed by atoms with van der Waals surface area (Å²) in [6.45, 7) is 10.4. The van der Waals surface area contributed by atoms with Crippen LogP contribution in [0.2, 0.25) is 0 Å². The predicted octanol–water partition coefficient (Wildman–Crippen LogP) is 5.91. The minimum absolute atomic E-state index is 0.705. The van der Waals surface area contributed by atoms with Crippen LogP contribution in [0.5, 0.6) is 0 Å². The standard InChI is InChI=1S/C20H34/c1-13-7-9-20(4)15(11-13)12-16-17-6-5-14(2)19(17,3)10-8-18(16)20/h13-18H,5-12H2,1-4H3. The van der Waals surface area contributed by atoms with Gasteiger partial charge in [-0.1, -0.05) is 34.1 Å². The van der Waals surface area contributed by atoms with Gasteiger partial charge in [-0.2, -0.15) is 0 Å². The van der Waals surface area contributed by atoms with Crippen LogP contribution in [0.15, 0.2) is 0 Å². The second-order valence-corrected chi connectivity index (χ2v) is 9.72. The summed E-state index contributed by atoms with van der Waals surface area (Å²) in [5.74, 6) is 6.32. The van der Waals surface area contributed by atoms with Crippen LogP contribution in [0.1, 0.15) is 79.1 Å². The summed E-state index contributed by atoms with van der Waals surface area (Å²) in [5, 5.41) is 0. The lowest BCUT2D eigenvalue weighted by molar-refractivity contribution is -0.0141. The highest BCUT2D eigenvalue weighted by Gasteiger charge is 2.61. The molecule has 0 heterocycles. The molecule has 0 N–H and O–H groups in total. The van der Waals surface area contributed by atoms with Crippen LogP contribution in [-0.2, 0) is 0 Å². The van der Waals surface area contributed by atoms with Crippen molar-refractivity contribution in [3.8, 4) is 0 Å². The van der Waals surface area contributed by atoms with Gasteiger partial charge in [-0.15, -0.1) is 0 Å². The molecule has 8 atom stereocenters. The fraction of sp³-hybridized carbons (Fsp3) is 1.00. The van der Waals surface area contributed by atoms with E-state index in [2.05, 4.69) is 27.7 Å². The summed E-state index contributed by atoms with van der Waals surface area (Å²) < 4.78 is 0. The monoisotopic (exact) mass is 274 g/mol. The van der Waals surface area contributed by atoms with E-state index in [4.69, 9.17) is 0 Å². The van der Waals surface area contributed by atoms with E-state index in [1.807, 2.05) is 0 Å². The summed E-state index contributed by atoms with van der Waals surface area (Å²) in [7, 11) is 0. The van der Waals surface area contributed by atoms with Gasteiger partial charge in [0.1, 0.15) is 0 Å². The highest BCUT2D eigenvalue weighted by Crippen LogP contribution is 2.69. The maximum Gasteiger partial charge on any atom is -0.0266 e. The Hall–Kier alpha value is 0. The molecule has 0 radical (unpaired) electrons. The Morgan fingerprint density at radius 2 is 1.45 bits per heavy atom. The first kappa shape index (κ1) is 13.6. The average Bonchev–Trinajstić information content (AvgIpc) is 2.86. The van der Waals surface area contributed by atoms with Gasteiger partial charge in [-0.25, -0.2) is 0 Å². The Bertz CT molecular complexity index is 399. The number of hydrogen-bond acceptors (Lipinski definition) is 0. The number of rotatable bonds is 0. The number of hydrogen-bond donors (Lipinski definition) is 0. The smallest absolute Gasteiger partial charge is 0.0266 e. The molecule has 0 heteroatoms. The maximum atomic E-state index is 2.69. The van der Waals surface area contributed by atoms with Crippen LogP contribution in [0.3, 0.4) is 0 Å². The minimum atomic E-state index is 0.705. The van der Waals surface area contributed by atoms with Crippen LogP contribution in [0, 0.1) is 46.3 Å². The number of fused-ring (bicyclic) bond motifs is 5. The zero-order chi connectivity index (χ0) is 14.1. The fourth-order valence-electron chi connectivity index (χ4n) is 7.51. The molecule has 0 aliphatic heterocycles. The molecule has 0 amide bonds. The second-order valence-electron chi connectivity index (χ2n) is 9.72. The van der Waals surface area contributed by atoms with Crippen molar-refractivity contribution in [1.82, 2.24) is 0 Å². The van der Waals surface area contributed by atoms with E-state index >= 15 is 0 Å². The third-order valence-corrected chi connectivity index (χ3v) is 9.11. The third kappa shape index (κ3) is 1.60. The van der Waals surface area contributed by atoms with Crippen molar-refractivity contribution < 1.29 is 0 Å². The minimum Gasteiger partial charge on any atom is -0.0625 e. The summed E-state index contributed by atoms with van der Waals surface area (Å²) in [6.07, 6.45) is 12.4. The van der Waals surface area contributed by atoms with Crippen LogP contribution < -0.4 is 0 Å². The first-order chi connectivity index (χ1) is 9.45. The Morgan fingerprint density at radius 3 is 2.25 bits per heavy atom. The van der Waals surface area contributed by atoms with E-state index in [9.17, 15) is 0 Å². The zero-order valence-electron chi connectivity index (χ0n) is 14.1. The van der Waals surface area contributed by atoms with Crippen molar-refractivity contribution in [3.05, 3.63) is 0 Å². The molecule has 4 aliphatic rings. The average molecular weight is 274 g/mol. The van der Waals surface area contributed by atoms with Crippen LogP contribution in [0.4, 0.5) is 0 Å². The zero-order valence-corrected chi connectivity index (χ0v) is 14.1. The summed E-state index contributed by atoms with van der Waals surface area (Å²) >= 11 is 0. The van der Waals surface area contributed by atoms with Gasteiger partial charge >= 0.3 is 0 Å². The predicted molar refractivity (Wildman–Crippen MR) is 85.4 cm³/mol. The molecule has 0 aromatic rings. The molecule has 4 rings (SSSR count). The Labute approximate surface area is 126 Å². The molecular weight excluding hydrogens is 240 g/mol. The van der Waals surface area contributed by atoms with E-state index in [1.54, 1.807) is 32.1 Å². The van der Waals surface area contributed by atoms with Crippen molar-refractivity contribution in [1.29, 1.82) is 0 Å². The van der Waals surface area contributed by atoms with Crippen molar-refractivity contribution >= 4 is 0 Å². The van der Waals surface area contributed by atoms with Gasteiger partial charge in [0.2, 0.25) is 0 Å². The summed E-state index contributed by atoms with van der Waals surface area (Å²) in [4.78, 5) is 0. The van der Waals surface area contributed by atoms with Gasteiger partial charge in [0, 0.05) is 0 Å². The molecule has 0 aromatic heterocycles. The largest absolute Gasteiger partial charge is 0.0625 e. The molecule has 0 bridgehead atoms. The van der Waals surface area contributed by atoms with Gasteiger partial charge in [0.05, 0.1) is 0 Å².